The summed E-state index contributed by atoms with van der Waals surface area (Å²) in [6.07, 6.45) is 0.785. The van der Waals surface area contributed by atoms with Gasteiger partial charge in [-0.05, 0) is 32.9 Å². The van der Waals surface area contributed by atoms with Crippen LogP contribution in [0.4, 0.5) is 10.6 Å². The molecule has 0 unspecified atom stereocenters. The van der Waals surface area contributed by atoms with Crippen LogP contribution in [0.15, 0.2) is 12.1 Å². The van der Waals surface area contributed by atoms with Gasteiger partial charge in [-0.1, -0.05) is 11.6 Å². The molecular formula is C16H24ClN5O3. The second-order valence-electron chi connectivity index (χ2n) is 6.98. The Bertz CT molecular complexity index is 639. The van der Waals surface area contributed by atoms with Crippen LogP contribution >= 0.6 is 11.6 Å². The molecule has 2 rings (SSSR count). The van der Waals surface area contributed by atoms with Crippen LogP contribution in [0.3, 0.4) is 0 Å². The first-order valence-electron chi connectivity index (χ1n) is 8.10. The number of nitrogens with one attached hydrogen (secondary N) is 2. The highest BCUT2D eigenvalue weighted by Crippen LogP contribution is 2.23. The average molecular weight is 370 g/mol. The number of pyridine rings is 1. The van der Waals surface area contributed by atoms with E-state index in [4.69, 9.17) is 22.2 Å². The minimum absolute atomic E-state index is 0.149. The molecule has 0 bridgehead atoms. The lowest BCUT2D eigenvalue weighted by atomic mass is 10.1. The zero-order chi connectivity index (χ0) is 18.6. The summed E-state index contributed by atoms with van der Waals surface area (Å²) >= 11 is 5.99. The van der Waals surface area contributed by atoms with E-state index in [0.717, 1.165) is 0 Å². The Morgan fingerprint density at radius 2 is 1.96 bits per heavy atom. The van der Waals surface area contributed by atoms with Gasteiger partial charge in [0.2, 0.25) is 0 Å². The lowest BCUT2D eigenvalue weighted by molar-refractivity contribution is 0.0775. The number of nitrogen functional groups attached to an aromatic ring is 1. The molecule has 9 heteroatoms. The van der Waals surface area contributed by atoms with Gasteiger partial charge >= 0.3 is 6.09 Å². The molecule has 138 valence electrons. The van der Waals surface area contributed by atoms with Crippen LogP contribution < -0.4 is 21.5 Å². The number of nitrogens with two attached hydrogens (primary N) is 1. The van der Waals surface area contributed by atoms with Crippen molar-refractivity contribution in [3.8, 4) is 0 Å². The molecule has 0 radical (unpaired) electrons. The highest BCUT2D eigenvalue weighted by molar-refractivity contribution is 6.29. The Labute approximate surface area is 152 Å². The van der Waals surface area contributed by atoms with E-state index in [9.17, 15) is 9.59 Å². The minimum Gasteiger partial charge on any atom is -0.446 e. The smallest absolute Gasteiger partial charge is 0.407 e. The first kappa shape index (κ1) is 19.3. The molecule has 2 heterocycles. The Morgan fingerprint density at radius 1 is 1.32 bits per heavy atom. The summed E-state index contributed by atoms with van der Waals surface area (Å²) < 4.78 is 5.45. The van der Waals surface area contributed by atoms with E-state index in [1.54, 1.807) is 6.07 Å². The monoisotopic (exact) mass is 369 g/mol. The number of rotatable bonds is 3. The SMILES string of the molecule is CC(C)(C)NC(=O)OC1CCN(c2cc(C(=O)NN)cc(Cl)n2)CC1. The molecule has 25 heavy (non-hydrogen) atoms. The number of alkyl carbamates (subject to hydrolysis) is 1. The van der Waals surface area contributed by atoms with Crippen molar-refractivity contribution < 1.29 is 14.3 Å². The van der Waals surface area contributed by atoms with Crippen LogP contribution in [0.25, 0.3) is 0 Å². The fourth-order valence-electron chi connectivity index (χ4n) is 2.55. The van der Waals surface area contributed by atoms with E-state index in [-0.39, 0.29) is 16.8 Å². The minimum atomic E-state index is -0.428. The van der Waals surface area contributed by atoms with Crippen LogP contribution in [-0.4, -0.2) is 41.7 Å². The average Bonchev–Trinajstić information content (AvgIpc) is 2.52. The maximum Gasteiger partial charge on any atom is 0.407 e. The van der Waals surface area contributed by atoms with Crippen molar-refractivity contribution in [1.29, 1.82) is 0 Å². The Morgan fingerprint density at radius 3 is 2.52 bits per heavy atom. The maximum absolute atomic E-state index is 11.8. The van der Waals surface area contributed by atoms with Crippen LogP contribution in [0.1, 0.15) is 44.0 Å². The lowest BCUT2D eigenvalue weighted by Gasteiger charge is -2.33. The number of anilines is 1. The van der Waals surface area contributed by atoms with E-state index >= 15 is 0 Å². The maximum atomic E-state index is 11.8. The number of ether oxygens (including phenoxy) is 1. The van der Waals surface area contributed by atoms with Gasteiger partial charge in [-0.2, -0.15) is 0 Å². The molecule has 1 saturated heterocycles. The summed E-state index contributed by atoms with van der Waals surface area (Å²) in [5, 5.41) is 3.00. The molecule has 1 aromatic heterocycles. The van der Waals surface area contributed by atoms with Gasteiger partial charge < -0.3 is 15.0 Å². The molecule has 0 aliphatic carbocycles. The summed E-state index contributed by atoms with van der Waals surface area (Å²) in [4.78, 5) is 29.8. The molecule has 1 fully saturated rings. The van der Waals surface area contributed by atoms with Crippen LogP contribution in [0.2, 0.25) is 5.15 Å². The predicted molar refractivity (Wildman–Crippen MR) is 95.5 cm³/mol. The van der Waals surface area contributed by atoms with E-state index in [1.165, 1.54) is 6.07 Å². The van der Waals surface area contributed by atoms with Crippen molar-refractivity contribution >= 4 is 29.4 Å². The molecule has 1 aromatic rings. The van der Waals surface area contributed by atoms with E-state index in [1.807, 2.05) is 25.7 Å². The highest BCUT2D eigenvalue weighted by atomic mass is 35.5. The van der Waals surface area contributed by atoms with Crippen molar-refractivity contribution in [2.75, 3.05) is 18.0 Å². The summed E-state index contributed by atoms with van der Waals surface area (Å²) in [6, 6.07) is 3.10. The molecule has 0 atom stereocenters. The lowest BCUT2D eigenvalue weighted by Crippen LogP contribution is -2.44. The van der Waals surface area contributed by atoms with Gasteiger partial charge in [0.15, 0.2) is 0 Å². The number of piperidine rings is 1. The number of amides is 2. The number of halogens is 1. The van der Waals surface area contributed by atoms with Crippen molar-refractivity contribution in [1.82, 2.24) is 15.7 Å². The summed E-state index contributed by atoms with van der Waals surface area (Å²) in [5.41, 5.74) is 2.09. The van der Waals surface area contributed by atoms with Crippen LogP contribution in [-0.2, 0) is 4.74 Å². The number of aromatic nitrogens is 1. The second kappa shape index (κ2) is 7.88. The third-order valence-corrected chi connectivity index (χ3v) is 3.88. The number of hydrogen-bond acceptors (Lipinski definition) is 6. The van der Waals surface area contributed by atoms with Gasteiger partial charge in [-0.3, -0.25) is 10.2 Å². The predicted octanol–water partition coefficient (Wildman–Crippen LogP) is 1.83. The molecule has 1 aliphatic heterocycles. The molecule has 8 nitrogen and oxygen atoms in total. The summed E-state index contributed by atoms with van der Waals surface area (Å²) in [5.74, 6) is 5.33. The summed E-state index contributed by atoms with van der Waals surface area (Å²) in [7, 11) is 0. The molecule has 1 aliphatic rings. The third-order valence-electron chi connectivity index (χ3n) is 3.69. The zero-order valence-electron chi connectivity index (χ0n) is 14.6. The van der Waals surface area contributed by atoms with E-state index in [2.05, 4.69) is 15.7 Å². The molecule has 0 aromatic carbocycles. The molecule has 0 saturated carbocycles. The fourth-order valence-corrected chi connectivity index (χ4v) is 2.75. The standard InChI is InChI=1S/C16H24ClN5O3/c1-16(2,3)20-15(24)25-11-4-6-22(7-5-11)13-9-10(14(23)21-18)8-12(17)19-13/h8-9,11H,4-7,18H2,1-3H3,(H,20,24)(H,21,23). The molecule has 0 spiro atoms. The largest absolute Gasteiger partial charge is 0.446 e. The normalized spacial score (nSPS) is 15.6. The van der Waals surface area contributed by atoms with E-state index in [0.29, 0.717) is 37.3 Å². The van der Waals surface area contributed by atoms with Gasteiger partial charge in [0.1, 0.15) is 17.1 Å². The fraction of sp³-hybridized carbons (Fsp3) is 0.562. The zero-order valence-corrected chi connectivity index (χ0v) is 15.4. The van der Waals surface area contributed by atoms with Gasteiger partial charge in [-0.25, -0.2) is 15.6 Å². The third kappa shape index (κ3) is 5.75. The Kier molecular flexibility index (Phi) is 6.07. The van der Waals surface area contributed by atoms with Gasteiger partial charge in [0, 0.05) is 37.0 Å². The van der Waals surface area contributed by atoms with Crippen molar-refractivity contribution in [2.24, 2.45) is 5.84 Å². The Hall–Kier alpha value is -2.06. The van der Waals surface area contributed by atoms with E-state index < -0.39 is 12.0 Å². The number of hydrogen-bond donors (Lipinski definition) is 3. The van der Waals surface area contributed by atoms with Crippen molar-refractivity contribution in [3.05, 3.63) is 22.8 Å². The summed E-state index contributed by atoms with van der Waals surface area (Å²) in [6.45, 7) is 6.99. The first-order valence-corrected chi connectivity index (χ1v) is 8.48. The molecular weight excluding hydrogens is 346 g/mol. The van der Waals surface area contributed by atoms with Crippen molar-refractivity contribution in [3.63, 3.8) is 0 Å². The second-order valence-corrected chi connectivity index (χ2v) is 7.36. The quantitative estimate of drug-likeness (QED) is 0.324. The van der Waals surface area contributed by atoms with Crippen molar-refractivity contribution in [2.45, 2.75) is 45.3 Å². The van der Waals surface area contributed by atoms with Crippen LogP contribution in [0.5, 0.6) is 0 Å². The number of carbonyl (C=O) groups excluding carboxylic acids is 2. The number of hydrazine groups is 1. The Balaban J connectivity index is 1.95. The number of nitrogens with zero attached hydrogens (tertiary/aromatic N) is 2. The first-order chi connectivity index (χ1) is 11.7. The molecule has 4 N–H and O–H groups in total. The van der Waals surface area contributed by atoms with Gasteiger partial charge in [-0.15, -0.1) is 0 Å². The topological polar surface area (TPSA) is 110 Å². The molecule has 2 amide bonds. The number of carbonyl (C=O) groups is 2. The van der Waals surface area contributed by atoms with Gasteiger partial charge in [0.25, 0.3) is 5.91 Å². The van der Waals surface area contributed by atoms with Crippen LogP contribution in [0, 0.1) is 0 Å². The van der Waals surface area contributed by atoms with Gasteiger partial charge in [0.05, 0.1) is 0 Å². The highest BCUT2D eigenvalue weighted by Gasteiger charge is 2.25.